The number of amides is 1. The fourth-order valence-corrected chi connectivity index (χ4v) is 2.14. The lowest BCUT2D eigenvalue weighted by molar-refractivity contribution is -0.121. The maximum atomic E-state index is 11.6. The molecule has 0 aromatic carbocycles. The molecule has 112 valence electrons. The van der Waals surface area contributed by atoms with Crippen LogP contribution in [0.3, 0.4) is 0 Å². The zero-order valence-electron chi connectivity index (χ0n) is 12.4. The molecule has 0 unspecified atom stereocenters. The third-order valence-electron chi connectivity index (χ3n) is 3.42. The van der Waals surface area contributed by atoms with Crippen LogP contribution in [0.1, 0.15) is 44.7 Å². The Morgan fingerprint density at radius 1 is 1.50 bits per heavy atom. The van der Waals surface area contributed by atoms with E-state index in [0.29, 0.717) is 18.2 Å². The van der Waals surface area contributed by atoms with Crippen molar-refractivity contribution in [2.45, 2.75) is 58.5 Å². The first-order chi connectivity index (χ1) is 9.61. The molecular formula is C14H25N5O. The number of nitrogens with two attached hydrogens (primary N) is 1. The second kappa shape index (κ2) is 6.63. The molecule has 1 aliphatic carbocycles. The summed E-state index contributed by atoms with van der Waals surface area (Å²) in [6.07, 6.45) is 4.64. The summed E-state index contributed by atoms with van der Waals surface area (Å²) in [7, 11) is 0. The number of carbonyl (C=O) groups is 1. The molecule has 1 fully saturated rings. The van der Waals surface area contributed by atoms with Crippen molar-refractivity contribution in [3.05, 3.63) is 5.69 Å². The van der Waals surface area contributed by atoms with E-state index in [2.05, 4.69) is 22.7 Å². The fraction of sp³-hybridized carbons (Fsp3) is 0.714. The number of anilines is 2. The molecule has 1 aliphatic rings. The van der Waals surface area contributed by atoms with Gasteiger partial charge in [0.25, 0.3) is 0 Å². The summed E-state index contributed by atoms with van der Waals surface area (Å²) in [6.45, 7) is 5.61. The lowest BCUT2D eigenvalue weighted by atomic mass is 10.3. The molecule has 1 aromatic heterocycles. The summed E-state index contributed by atoms with van der Waals surface area (Å²) in [5, 5.41) is 10.7. The van der Waals surface area contributed by atoms with Gasteiger partial charge in [-0.2, -0.15) is 5.10 Å². The van der Waals surface area contributed by atoms with Gasteiger partial charge >= 0.3 is 0 Å². The van der Waals surface area contributed by atoms with Gasteiger partial charge in [0.1, 0.15) is 5.82 Å². The van der Waals surface area contributed by atoms with Crippen molar-refractivity contribution in [2.75, 3.05) is 17.6 Å². The Bertz CT molecular complexity index is 464. The predicted octanol–water partition coefficient (Wildman–Crippen LogP) is 1.65. The average Bonchev–Trinajstić information content (AvgIpc) is 3.17. The SMILES string of the molecule is CCCn1nc(C)c(N)c1NCCCC(=O)NC1CC1. The normalized spacial score (nSPS) is 14.3. The van der Waals surface area contributed by atoms with E-state index >= 15 is 0 Å². The van der Waals surface area contributed by atoms with E-state index in [9.17, 15) is 4.79 Å². The van der Waals surface area contributed by atoms with Crippen molar-refractivity contribution in [2.24, 2.45) is 0 Å². The molecule has 0 aliphatic heterocycles. The summed E-state index contributed by atoms with van der Waals surface area (Å²) in [4.78, 5) is 11.6. The second-order valence-electron chi connectivity index (χ2n) is 5.44. The summed E-state index contributed by atoms with van der Waals surface area (Å²) in [6, 6.07) is 0.444. The van der Waals surface area contributed by atoms with Crippen LogP contribution in [0.15, 0.2) is 0 Å². The third kappa shape index (κ3) is 3.88. The molecule has 6 heteroatoms. The average molecular weight is 279 g/mol. The molecule has 0 bridgehead atoms. The lowest BCUT2D eigenvalue weighted by Gasteiger charge is -2.10. The van der Waals surface area contributed by atoms with Gasteiger partial charge in [-0.05, 0) is 32.6 Å². The van der Waals surface area contributed by atoms with Crippen LogP contribution in [0.5, 0.6) is 0 Å². The second-order valence-corrected chi connectivity index (χ2v) is 5.44. The first-order valence-electron chi connectivity index (χ1n) is 7.48. The molecule has 0 saturated heterocycles. The molecule has 1 aromatic rings. The van der Waals surface area contributed by atoms with Gasteiger partial charge in [-0.1, -0.05) is 6.92 Å². The Kier molecular flexibility index (Phi) is 4.87. The van der Waals surface area contributed by atoms with Crippen LogP contribution in [0.2, 0.25) is 0 Å². The standard InChI is InChI=1S/C14H25N5O/c1-3-9-19-14(13(15)10(2)18-19)16-8-4-5-12(20)17-11-6-7-11/h11,16H,3-9,15H2,1-2H3,(H,17,20). The van der Waals surface area contributed by atoms with E-state index in [1.54, 1.807) is 0 Å². The number of aromatic nitrogens is 2. The number of hydrogen-bond acceptors (Lipinski definition) is 4. The first-order valence-corrected chi connectivity index (χ1v) is 7.48. The lowest BCUT2D eigenvalue weighted by Crippen LogP contribution is -2.25. The topological polar surface area (TPSA) is 85.0 Å². The Hall–Kier alpha value is -1.72. The minimum atomic E-state index is 0.153. The maximum absolute atomic E-state index is 11.6. The van der Waals surface area contributed by atoms with Gasteiger partial charge in [-0.15, -0.1) is 0 Å². The van der Waals surface area contributed by atoms with Crippen LogP contribution < -0.4 is 16.4 Å². The number of hydrogen-bond donors (Lipinski definition) is 3. The summed E-state index contributed by atoms with van der Waals surface area (Å²) < 4.78 is 1.91. The van der Waals surface area contributed by atoms with Crippen molar-refractivity contribution in [3.8, 4) is 0 Å². The van der Waals surface area contributed by atoms with Crippen LogP contribution in [-0.2, 0) is 11.3 Å². The number of nitrogen functional groups attached to an aromatic ring is 1. The van der Waals surface area contributed by atoms with Crippen molar-refractivity contribution in [3.63, 3.8) is 0 Å². The Balaban J connectivity index is 1.76. The molecule has 1 amide bonds. The predicted molar refractivity (Wildman–Crippen MR) is 80.6 cm³/mol. The molecule has 1 saturated carbocycles. The number of aryl methyl sites for hydroxylation is 2. The van der Waals surface area contributed by atoms with Gasteiger partial charge in [0, 0.05) is 25.6 Å². The van der Waals surface area contributed by atoms with Gasteiger partial charge < -0.3 is 16.4 Å². The van der Waals surface area contributed by atoms with E-state index < -0.39 is 0 Å². The van der Waals surface area contributed by atoms with Crippen LogP contribution >= 0.6 is 0 Å². The largest absolute Gasteiger partial charge is 0.394 e. The van der Waals surface area contributed by atoms with Crippen LogP contribution in [0, 0.1) is 6.92 Å². The zero-order chi connectivity index (χ0) is 14.5. The van der Waals surface area contributed by atoms with Crippen molar-refractivity contribution < 1.29 is 4.79 Å². The van der Waals surface area contributed by atoms with Gasteiger partial charge in [-0.3, -0.25) is 4.79 Å². The monoisotopic (exact) mass is 279 g/mol. The molecule has 0 atom stereocenters. The summed E-state index contributed by atoms with van der Waals surface area (Å²) in [5.74, 6) is 1.03. The molecule has 1 heterocycles. The quantitative estimate of drug-likeness (QED) is 0.632. The Morgan fingerprint density at radius 3 is 2.90 bits per heavy atom. The molecule has 0 radical (unpaired) electrons. The van der Waals surface area contributed by atoms with Crippen molar-refractivity contribution in [1.29, 1.82) is 0 Å². The van der Waals surface area contributed by atoms with E-state index in [1.807, 2.05) is 11.6 Å². The van der Waals surface area contributed by atoms with E-state index in [1.165, 1.54) is 0 Å². The zero-order valence-corrected chi connectivity index (χ0v) is 12.4. The first kappa shape index (κ1) is 14.7. The van der Waals surface area contributed by atoms with Gasteiger partial charge in [-0.25, -0.2) is 4.68 Å². The van der Waals surface area contributed by atoms with Crippen molar-refractivity contribution in [1.82, 2.24) is 15.1 Å². The third-order valence-corrected chi connectivity index (χ3v) is 3.42. The molecule has 0 spiro atoms. The molecule has 6 nitrogen and oxygen atoms in total. The molecule has 20 heavy (non-hydrogen) atoms. The maximum Gasteiger partial charge on any atom is 0.220 e. The van der Waals surface area contributed by atoms with Crippen LogP contribution in [0.25, 0.3) is 0 Å². The number of nitrogens with zero attached hydrogens (tertiary/aromatic N) is 2. The van der Waals surface area contributed by atoms with Crippen molar-refractivity contribution >= 4 is 17.4 Å². The minimum absolute atomic E-state index is 0.153. The summed E-state index contributed by atoms with van der Waals surface area (Å²) in [5.41, 5.74) is 7.59. The number of nitrogens with one attached hydrogen (secondary N) is 2. The molecule has 4 N–H and O–H groups in total. The van der Waals surface area contributed by atoms with Gasteiger partial charge in [0.15, 0.2) is 0 Å². The minimum Gasteiger partial charge on any atom is -0.394 e. The highest BCUT2D eigenvalue weighted by atomic mass is 16.1. The Morgan fingerprint density at radius 2 is 2.25 bits per heavy atom. The van der Waals surface area contributed by atoms with E-state index in [0.717, 1.165) is 50.3 Å². The smallest absolute Gasteiger partial charge is 0.220 e. The highest BCUT2D eigenvalue weighted by Gasteiger charge is 2.22. The number of rotatable bonds is 8. The van der Waals surface area contributed by atoms with Crippen LogP contribution in [0.4, 0.5) is 11.5 Å². The van der Waals surface area contributed by atoms with E-state index in [4.69, 9.17) is 5.73 Å². The number of carbonyl (C=O) groups excluding carboxylic acids is 1. The van der Waals surface area contributed by atoms with Crippen LogP contribution in [-0.4, -0.2) is 28.3 Å². The molecular weight excluding hydrogens is 254 g/mol. The van der Waals surface area contributed by atoms with Gasteiger partial charge in [0.05, 0.1) is 11.4 Å². The molecule has 2 rings (SSSR count). The highest BCUT2D eigenvalue weighted by molar-refractivity contribution is 5.76. The highest BCUT2D eigenvalue weighted by Crippen LogP contribution is 2.22. The van der Waals surface area contributed by atoms with Gasteiger partial charge in [0.2, 0.25) is 5.91 Å². The fourth-order valence-electron chi connectivity index (χ4n) is 2.14. The summed E-state index contributed by atoms with van der Waals surface area (Å²) >= 11 is 0. The van der Waals surface area contributed by atoms with E-state index in [-0.39, 0.29) is 5.91 Å². The Labute approximate surface area is 120 Å².